The van der Waals surface area contributed by atoms with E-state index in [9.17, 15) is 14.7 Å². The molecular formula is C24H27FN4O3S. The molecule has 7 nitrogen and oxygen atoms in total. The minimum absolute atomic E-state index is 0.0851. The molecule has 2 aliphatic carbocycles. The van der Waals surface area contributed by atoms with Crippen LogP contribution < -0.4 is 15.6 Å². The molecule has 1 aromatic heterocycles. The predicted molar refractivity (Wildman–Crippen MR) is 129 cm³/mol. The number of carboxylic acids is 1. The normalized spacial score (nSPS) is 24.0. The summed E-state index contributed by atoms with van der Waals surface area (Å²) in [5.41, 5.74) is -0.0572. The van der Waals surface area contributed by atoms with Crippen LogP contribution in [0.1, 0.15) is 30.1 Å². The molecule has 1 aromatic carbocycles. The van der Waals surface area contributed by atoms with Crippen molar-refractivity contribution in [1.29, 1.82) is 0 Å². The first-order valence-corrected chi connectivity index (χ1v) is 11.8. The summed E-state index contributed by atoms with van der Waals surface area (Å²) in [7, 11) is 0. The Balaban J connectivity index is 1.33. The Kier molecular flexibility index (Phi) is 5.60. The van der Waals surface area contributed by atoms with E-state index >= 15 is 4.39 Å². The van der Waals surface area contributed by atoms with E-state index in [2.05, 4.69) is 22.4 Å². The highest BCUT2D eigenvalue weighted by Gasteiger charge is 2.36. The number of fused-ring (bicyclic) bond motifs is 3. The van der Waals surface area contributed by atoms with E-state index in [1.165, 1.54) is 18.7 Å². The van der Waals surface area contributed by atoms with Crippen molar-refractivity contribution in [2.45, 2.75) is 32.4 Å². The van der Waals surface area contributed by atoms with E-state index in [-0.39, 0.29) is 10.9 Å². The predicted octanol–water partition coefficient (Wildman–Crippen LogP) is 2.82. The van der Waals surface area contributed by atoms with Gasteiger partial charge in [0, 0.05) is 50.3 Å². The number of aromatic nitrogens is 1. The van der Waals surface area contributed by atoms with Crippen LogP contribution in [-0.4, -0.2) is 57.9 Å². The topological polar surface area (TPSA) is 77.8 Å². The fourth-order valence-corrected chi connectivity index (χ4v) is 5.74. The van der Waals surface area contributed by atoms with Gasteiger partial charge in [0.1, 0.15) is 11.4 Å². The minimum atomic E-state index is -1.31. The molecule has 1 saturated heterocycles. The van der Waals surface area contributed by atoms with Crippen molar-refractivity contribution in [1.82, 2.24) is 14.8 Å². The molecule has 1 aliphatic heterocycles. The van der Waals surface area contributed by atoms with Crippen molar-refractivity contribution in [2.75, 3.05) is 31.1 Å². The number of thiocarbonyl (C=S) groups is 1. The van der Waals surface area contributed by atoms with Crippen molar-refractivity contribution in [3.05, 3.63) is 52.1 Å². The van der Waals surface area contributed by atoms with Crippen molar-refractivity contribution >= 4 is 39.9 Å². The highest BCUT2D eigenvalue weighted by Crippen LogP contribution is 2.39. The third kappa shape index (κ3) is 3.88. The van der Waals surface area contributed by atoms with Crippen molar-refractivity contribution < 1.29 is 14.3 Å². The smallest absolute Gasteiger partial charge is 0.341 e. The number of piperazine rings is 1. The third-order valence-corrected chi connectivity index (χ3v) is 7.59. The zero-order valence-corrected chi connectivity index (χ0v) is 19.3. The number of benzene rings is 1. The number of hydrogen-bond donors (Lipinski definition) is 2. The van der Waals surface area contributed by atoms with Gasteiger partial charge in [-0.05, 0) is 56.0 Å². The molecule has 5 rings (SSSR count). The van der Waals surface area contributed by atoms with Gasteiger partial charge in [-0.3, -0.25) is 4.79 Å². The minimum Gasteiger partial charge on any atom is -0.477 e. The maximum Gasteiger partial charge on any atom is 0.341 e. The Labute approximate surface area is 196 Å². The Bertz CT molecular complexity index is 1220. The van der Waals surface area contributed by atoms with Crippen molar-refractivity contribution in [3.63, 3.8) is 0 Å². The first-order chi connectivity index (χ1) is 15.9. The maximum absolute atomic E-state index is 15.1. The van der Waals surface area contributed by atoms with Crippen LogP contribution in [0.4, 0.5) is 10.1 Å². The lowest BCUT2D eigenvalue weighted by Gasteiger charge is -2.38. The summed E-state index contributed by atoms with van der Waals surface area (Å²) in [6, 6.07) is 3.24. The van der Waals surface area contributed by atoms with Crippen LogP contribution in [0.3, 0.4) is 0 Å². The van der Waals surface area contributed by atoms with Crippen molar-refractivity contribution in [2.24, 2.45) is 11.8 Å². The molecule has 2 N–H and O–H groups in total. The van der Waals surface area contributed by atoms with Gasteiger partial charge in [0.25, 0.3) is 0 Å². The number of pyridine rings is 1. The number of aromatic carboxylic acids is 1. The molecule has 33 heavy (non-hydrogen) atoms. The third-order valence-electron chi connectivity index (χ3n) is 7.22. The summed E-state index contributed by atoms with van der Waals surface area (Å²) in [4.78, 5) is 28.1. The molecule has 174 valence electrons. The lowest BCUT2D eigenvalue weighted by Crippen LogP contribution is -2.54. The Hall–Kier alpha value is -2.94. The monoisotopic (exact) mass is 470 g/mol. The van der Waals surface area contributed by atoms with E-state index in [0.29, 0.717) is 61.8 Å². The van der Waals surface area contributed by atoms with Crippen LogP contribution >= 0.6 is 12.2 Å². The van der Waals surface area contributed by atoms with E-state index in [4.69, 9.17) is 12.2 Å². The van der Waals surface area contributed by atoms with Crippen LogP contribution in [0.2, 0.25) is 0 Å². The summed E-state index contributed by atoms with van der Waals surface area (Å²) < 4.78 is 16.8. The lowest BCUT2D eigenvalue weighted by atomic mass is 10.0. The summed E-state index contributed by atoms with van der Waals surface area (Å²) in [5.74, 6) is -0.586. The van der Waals surface area contributed by atoms with Gasteiger partial charge in [-0.25, -0.2) is 9.18 Å². The van der Waals surface area contributed by atoms with Gasteiger partial charge < -0.3 is 24.8 Å². The van der Waals surface area contributed by atoms with Crippen LogP contribution in [-0.2, 0) is 6.54 Å². The molecule has 9 heteroatoms. The Morgan fingerprint density at radius 3 is 2.58 bits per heavy atom. The number of aryl methyl sites for hydroxylation is 1. The summed E-state index contributed by atoms with van der Waals surface area (Å²) in [6.45, 7) is 4.89. The van der Waals surface area contributed by atoms with Gasteiger partial charge in [0.2, 0.25) is 5.43 Å². The molecule has 0 amide bonds. The second-order valence-corrected chi connectivity index (χ2v) is 9.48. The number of carbonyl (C=O) groups is 1. The van der Waals surface area contributed by atoms with E-state index in [1.807, 2.05) is 11.8 Å². The second kappa shape index (κ2) is 8.44. The maximum atomic E-state index is 15.1. The largest absolute Gasteiger partial charge is 0.477 e. The molecule has 2 fully saturated rings. The highest BCUT2D eigenvalue weighted by atomic mass is 32.1. The zero-order valence-electron chi connectivity index (χ0n) is 18.5. The Morgan fingerprint density at radius 2 is 1.97 bits per heavy atom. The molecule has 0 spiro atoms. The van der Waals surface area contributed by atoms with Gasteiger partial charge in [0.15, 0.2) is 5.11 Å². The number of rotatable bonds is 4. The molecule has 0 radical (unpaired) electrons. The molecule has 3 unspecified atom stereocenters. The SMILES string of the molecule is CCn1cc(C(=O)O)c(=O)c2cc(F)c(N3CCN(C(=S)NC4CC5C=CC4C5)CC3)cc21. The number of carboxylic acid groups (broad SMARTS) is 1. The second-order valence-electron chi connectivity index (χ2n) is 9.09. The summed E-state index contributed by atoms with van der Waals surface area (Å²) in [5, 5.41) is 13.7. The van der Waals surface area contributed by atoms with Gasteiger partial charge in [-0.2, -0.15) is 0 Å². The van der Waals surface area contributed by atoms with Gasteiger partial charge in [-0.15, -0.1) is 0 Å². The first-order valence-electron chi connectivity index (χ1n) is 11.4. The van der Waals surface area contributed by atoms with Crippen LogP contribution in [0, 0.1) is 17.7 Å². The molecule has 2 aromatic rings. The molecule has 2 heterocycles. The fourth-order valence-electron chi connectivity index (χ4n) is 5.40. The van der Waals surface area contributed by atoms with E-state index < -0.39 is 17.2 Å². The Morgan fingerprint density at radius 1 is 1.21 bits per heavy atom. The number of hydrogen-bond acceptors (Lipinski definition) is 4. The van der Waals surface area contributed by atoms with Crippen LogP contribution in [0.5, 0.6) is 0 Å². The van der Waals surface area contributed by atoms with Gasteiger partial charge in [-0.1, -0.05) is 12.2 Å². The van der Waals surface area contributed by atoms with Crippen LogP contribution in [0.25, 0.3) is 10.9 Å². The van der Waals surface area contributed by atoms with Crippen LogP contribution in [0.15, 0.2) is 35.3 Å². The fraction of sp³-hybridized carbons (Fsp3) is 0.458. The van der Waals surface area contributed by atoms with Gasteiger partial charge >= 0.3 is 5.97 Å². The highest BCUT2D eigenvalue weighted by molar-refractivity contribution is 7.80. The quantitative estimate of drug-likeness (QED) is 0.526. The number of nitrogens with zero attached hydrogens (tertiary/aromatic N) is 3. The zero-order chi connectivity index (χ0) is 23.3. The van der Waals surface area contributed by atoms with Crippen molar-refractivity contribution in [3.8, 4) is 0 Å². The van der Waals surface area contributed by atoms with E-state index in [1.54, 1.807) is 10.6 Å². The number of allylic oxidation sites excluding steroid dienone is 1. The molecular weight excluding hydrogens is 443 g/mol. The average molecular weight is 471 g/mol. The average Bonchev–Trinajstić information content (AvgIpc) is 3.42. The molecule has 2 bridgehead atoms. The summed E-state index contributed by atoms with van der Waals surface area (Å²) in [6.07, 6.45) is 8.29. The number of halogens is 1. The van der Waals surface area contributed by atoms with E-state index in [0.717, 1.165) is 11.5 Å². The summed E-state index contributed by atoms with van der Waals surface area (Å²) >= 11 is 5.66. The number of anilines is 1. The lowest BCUT2D eigenvalue weighted by molar-refractivity contribution is 0.0695. The van der Waals surface area contributed by atoms with Gasteiger partial charge in [0.05, 0.1) is 11.2 Å². The molecule has 1 saturated carbocycles. The molecule has 3 atom stereocenters. The molecule has 3 aliphatic rings. The number of nitrogens with one attached hydrogen (secondary N) is 1. The first kappa shape index (κ1) is 21.9. The standard InChI is InChI=1S/C24H27FN4O3S/c1-2-27-13-17(23(31)32)22(30)16-11-18(25)21(12-20(16)27)28-5-7-29(8-6-28)24(33)26-19-10-14-3-4-15(19)9-14/h3-4,11-15,19H,2,5-10H2,1H3,(H,26,33)(H,31,32).